The molecule has 0 radical (unpaired) electrons. The van der Waals surface area contributed by atoms with Crippen molar-refractivity contribution >= 4 is 11.6 Å². The molecule has 46 heavy (non-hydrogen) atoms. The van der Waals surface area contributed by atoms with Crippen molar-refractivity contribution in [3.8, 4) is 11.5 Å². The molecule has 0 aliphatic heterocycles. The first kappa shape index (κ1) is 36.8. The summed E-state index contributed by atoms with van der Waals surface area (Å²) in [5.41, 5.74) is 3.40. The molecule has 8 heteroatoms. The van der Waals surface area contributed by atoms with Gasteiger partial charge in [0.1, 0.15) is 11.5 Å². The first-order valence-corrected chi connectivity index (χ1v) is 17.2. The van der Waals surface area contributed by atoms with Gasteiger partial charge >= 0.3 is 0 Å². The minimum Gasteiger partial charge on any atom is -0.497 e. The molecule has 0 saturated carbocycles. The lowest BCUT2D eigenvalue weighted by atomic mass is 10.1. The topological polar surface area (TPSA) is 83.1 Å². The van der Waals surface area contributed by atoms with E-state index in [1.807, 2.05) is 24.3 Å². The first-order chi connectivity index (χ1) is 22.4. The van der Waals surface area contributed by atoms with E-state index in [1.165, 1.54) is 23.3 Å². The van der Waals surface area contributed by atoms with Gasteiger partial charge in [0.2, 0.25) is 11.6 Å². The predicted octanol–water partition coefficient (Wildman–Crippen LogP) is 6.27. The number of carbonyl (C=O) groups is 2. The van der Waals surface area contributed by atoms with E-state index in [1.54, 1.807) is 14.2 Å². The number of nitrogens with zero attached hydrogens (tertiary/aromatic N) is 2. The molecule has 0 spiro atoms. The van der Waals surface area contributed by atoms with E-state index < -0.39 is 0 Å². The van der Waals surface area contributed by atoms with Gasteiger partial charge in [-0.1, -0.05) is 63.8 Å². The lowest BCUT2D eigenvalue weighted by molar-refractivity contribution is -0.115. The third kappa shape index (κ3) is 13.4. The minimum absolute atomic E-state index is 0.129. The summed E-state index contributed by atoms with van der Waals surface area (Å²) < 4.78 is 10.5. The number of ketones is 2. The van der Waals surface area contributed by atoms with Gasteiger partial charge in [-0.15, -0.1) is 0 Å². The maximum Gasteiger partial charge on any atom is 0.203 e. The van der Waals surface area contributed by atoms with Crippen LogP contribution in [0.25, 0.3) is 0 Å². The number of hydrogen-bond acceptors (Lipinski definition) is 8. The van der Waals surface area contributed by atoms with E-state index in [0.717, 1.165) is 102 Å². The zero-order chi connectivity index (χ0) is 33.0. The number of nitrogens with one attached hydrogen (secondary N) is 2. The van der Waals surface area contributed by atoms with Crippen molar-refractivity contribution in [3.63, 3.8) is 0 Å². The Morgan fingerprint density at radius 2 is 0.913 bits per heavy atom. The van der Waals surface area contributed by atoms with Gasteiger partial charge in [-0.05, 0) is 87.3 Å². The highest BCUT2D eigenvalue weighted by Gasteiger charge is 2.19. The van der Waals surface area contributed by atoms with E-state index in [2.05, 4.69) is 58.5 Å². The van der Waals surface area contributed by atoms with Crippen molar-refractivity contribution in [3.05, 3.63) is 83.2 Å². The Labute approximate surface area is 277 Å². The molecule has 1 aliphatic carbocycles. The van der Waals surface area contributed by atoms with Crippen molar-refractivity contribution in [1.82, 2.24) is 20.4 Å². The van der Waals surface area contributed by atoms with Crippen LogP contribution in [0, 0.1) is 0 Å². The standard InChI is InChI=1S/C38H56N4O4/c1-5-41(29-31-15-19-33(45-3)20-16-31)25-13-9-7-11-23-39-35-27-38(44)36(28-37(35)43)40-24-12-8-10-14-26-42(6-2)30-32-17-21-34(46-4)22-18-32/h15-22,27-28,39-40H,5-14,23-26,29-30H2,1-4H3. The Bertz CT molecular complexity index is 1140. The quantitative estimate of drug-likeness (QED) is 0.104. The second kappa shape index (κ2) is 21.2. The van der Waals surface area contributed by atoms with Crippen LogP contribution in [0.3, 0.4) is 0 Å². The van der Waals surface area contributed by atoms with Crippen LogP contribution in [-0.4, -0.2) is 74.9 Å². The van der Waals surface area contributed by atoms with Crippen LogP contribution in [0.4, 0.5) is 0 Å². The number of carbonyl (C=O) groups excluding carboxylic acids is 2. The Balaban J connectivity index is 1.21. The van der Waals surface area contributed by atoms with Crippen LogP contribution in [-0.2, 0) is 22.7 Å². The van der Waals surface area contributed by atoms with Crippen molar-refractivity contribution in [2.75, 3.05) is 53.5 Å². The van der Waals surface area contributed by atoms with Crippen molar-refractivity contribution in [2.24, 2.45) is 0 Å². The zero-order valence-corrected chi connectivity index (χ0v) is 28.6. The molecule has 1 aliphatic rings. The normalized spacial score (nSPS) is 13.2. The average Bonchev–Trinajstić information content (AvgIpc) is 3.08. The van der Waals surface area contributed by atoms with Gasteiger partial charge in [-0.3, -0.25) is 19.4 Å². The van der Waals surface area contributed by atoms with Crippen LogP contribution < -0.4 is 20.1 Å². The molecule has 0 heterocycles. The van der Waals surface area contributed by atoms with E-state index in [0.29, 0.717) is 24.5 Å². The Hall–Kier alpha value is -3.62. The number of rotatable bonds is 24. The lowest BCUT2D eigenvalue weighted by Crippen LogP contribution is -2.30. The molecular weight excluding hydrogens is 576 g/mol. The summed E-state index contributed by atoms with van der Waals surface area (Å²) in [5, 5.41) is 6.38. The Morgan fingerprint density at radius 3 is 1.26 bits per heavy atom. The molecule has 252 valence electrons. The van der Waals surface area contributed by atoms with Gasteiger partial charge in [0.15, 0.2) is 0 Å². The van der Waals surface area contributed by atoms with Crippen LogP contribution in [0.15, 0.2) is 72.1 Å². The van der Waals surface area contributed by atoms with Gasteiger partial charge in [-0.25, -0.2) is 0 Å². The predicted molar refractivity (Wildman–Crippen MR) is 187 cm³/mol. The van der Waals surface area contributed by atoms with Crippen LogP contribution in [0.2, 0.25) is 0 Å². The molecule has 0 aromatic heterocycles. The molecule has 2 aromatic rings. The van der Waals surface area contributed by atoms with Crippen molar-refractivity contribution in [1.29, 1.82) is 0 Å². The first-order valence-electron chi connectivity index (χ1n) is 17.2. The molecule has 0 unspecified atom stereocenters. The number of ether oxygens (including phenoxy) is 2. The summed E-state index contributed by atoms with van der Waals surface area (Å²) >= 11 is 0. The summed E-state index contributed by atoms with van der Waals surface area (Å²) in [4.78, 5) is 30.2. The summed E-state index contributed by atoms with van der Waals surface area (Å²) in [6.07, 6.45) is 11.6. The number of unbranched alkanes of at least 4 members (excludes halogenated alkanes) is 6. The van der Waals surface area contributed by atoms with Gasteiger partial charge in [0.05, 0.1) is 25.6 Å². The number of benzene rings is 2. The van der Waals surface area contributed by atoms with Gasteiger partial charge in [0.25, 0.3) is 0 Å². The van der Waals surface area contributed by atoms with Crippen LogP contribution >= 0.6 is 0 Å². The van der Waals surface area contributed by atoms with Crippen molar-refractivity contribution < 1.29 is 19.1 Å². The van der Waals surface area contributed by atoms with Crippen LogP contribution in [0.1, 0.15) is 76.3 Å². The summed E-state index contributed by atoms with van der Waals surface area (Å²) in [6.45, 7) is 11.9. The molecule has 2 aromatic carbocycles. The fourth-order valence-electron chi connectivity index (χ4n) is 5.59. The third-order valence-corrected chi connectivity index (χ3v) is 8.54. The molecule has 3 rings (SSSR count). The average molecular weight is 633 g/mol. The molecular formula is C38H56N4O4. The maximum atomic E-state index is 12.6. The van der Waals surface area contributed by atoms with Gasteiger partial charge in [-0.2, -0.15) is 0 Å². The SMILES string of the molecule is CCN(CCCCCCNC1=CC(=O)C(NCCCCCCN(CC)Cc2ccc(OC)cc2)=CC1=O)Cc1ccc(OC)cc1. The Kier molecular flexibility index (Phi) is 17.0. The third-order valence-electron chi connectivity index (χ3n) is 8.54. The second-order valence-electron chi connectivity index (χ2n) is 12.0. The number of allylic oxidation sites excluding steroid dienone is 2. The smallest absolute Gasteiger partial charge is 0.203 e. The molecule has 2 N–H and O–H groups in total. The van der Waals surface area contributed by atoms with Gasteiger partial charge < -0.3 is 20.1 Å². The van der Waals surface area contributed by atoms with Crippen LogP contribution in [0.5, 0.6) is 11.5 Å². The highest BCUT2D eigenvalue weighted by Crippen LogP contribution is 2.15. The fourth-order valence-corrected chi connectivity index (χ4v) is 5.59. The molecule has 0 saturated heterocycles. The summed E-state index contributed by atoms with van der Waals surface area (Å²) in [6, 6.07) is 16.6. The van der Waals surface area contributed by atoms with E-state index >= 15 is 0 Å². The van der Waals surface area contributed by atoms with Crippen molar-refractivity contribution in [2.45, 2.75) is 78.3 Å². The summed E-state index contributed by atoms with van der Waals surface area (Å²) in [7, 11) is 3.38. The number of hydrogen-bond donors (Lipinski definition) is 2. The Morgan fingerprint density at radius 1 is 0.543 bits per heavy atom. The lowest BCUT2D eigenvalue weighted by Gasteiger charge is -2.20. The number of methoxy groups -OCH3 is 2. The molecule has 0 atom stereocenters. The minimum atomic E-state index is -0.129. The molecule has 8 nitrogen and oxygen atoms in total. The van der Waals surface area contributed by atoms with E-state index in [9.17, 15) is 9.59 Å². The highest BCUT2D eigenvalue weighted by molar-refractivity contribution is 6.19. The second-order valence-corrected chi connectivity index (χ2v) is 12.0. The highest BCUT2D eigenvalue weighted by atomic mass is 16.5. The summed E-state index contributed by atoms with van der Waals surface area (Å²) in [5.74, 6) is 1.52. The fraction of sp³-hybridized carbons (Fsp3) is 0.526. The van der Waals surface area contributed by atoms with E-state index in [4.69, 9.17) is 9.47 Å². The van der Waals surface area contributed by atoms with Gasteiger partial charge in [0, 0.05) is 38.3 Å². The monoisotopic (exact) mass is 632 g/mol. The molecule has 0 fully saturated rings. The molecule has 0 bridgehead atoms. The molecule has 0 amide bonds. The maximum absolute atomic E-state index is 12.6. The zero-order valence-electron chi connectivity index (χ0n) is 28.6. The van der Waals surface area contributed by atoms with E-state index in [-0.39, 0.29) is 11.6 Å². The largest absolute Gasteiger partial charge is 0.497 e.